The van der Waals surface area contributed by atoms with E-state index in [0.29, 0.717) is 6.04 Å². The molecule has 1 aliphatic heterocycles. The Morgan fingerprint density at radius 1 is 1.35 bits per heavy atom. The lowest BCUT2D eigenvalue weighted by molar-refractivity contribution is 0.346. The molecule has 1 aromatic heterocycles. The summed E-state index contributed by atoms with van der Waals surface area (Å²) in [7, 11) is 2.18. The molecule has 20 heavy (non-hydrogen) atoms. The monoisotopic (exact) mass is 276 g/mol. The molecule has 0 saturated carbocycles. The Bertz CT molecular complexity index is 399. The first kappa shape index (κ1) is 15.3. The zero-order valence-electron chi connectivity index (χ0n) is 13.1. The average Bonchev–Trinajstić information content (AvgIpc) is 2.96. The van der Waals surface area contributed by atoms with Gasteiger partial charge in [0.05, 0.1) is 0 Å². The van der Waals surface area contributed by atoms with Gasteiger partial charge >= 0.3 is 0 Å². The number of likely N-dealkylation sites (tertiary alicyclic amines) is 1. The van der Waals surface area contributed by atoms with E-state index in [1.165, 1.54) is 37.2 Å². The molecule has 0 aromatic carbocycles. The quantitative estimate of drug-likeness (QED) is 0.826. The van der Waals surface area contributed by atoms with Crippen LogP contribution >= 0.6 is 0 Å². The summed E-state index contributed by atoms with van der Waals surface area (Å²) in [5.74, 6) is 0. The van der Waals surface area contributed by atoms with Crippen molar-refractivity contribution < 1.29 is 0 Å². The zero-order chi connectivity index (χ0) is 14.4. The van der Waals surface area contributed by atoms with Gasteiger partial charge in [-0.15, -0.1) is 0 Å². The molecule has 2 rings (SSSR count). The molecule has 0 radical (unpaired) electrons. The molecule has 4 nitrogen and oxygen atoms in total. The van der Waals surface area contributed by atoms with Gasteiger partial charge in [0.25, 0.3) is 0 Å². The number of likely N-dealkylation sites (N-methyl/N-ethyl adjacent to an activating group) is 1. The molecule has 2 heterocycles. The second-order valence-corrected chi connectivity index (χ2v) is 6.01. The van der Waals surface area contributed by atoms with Crippen molar-refractivity contribution >= 4 is 5.69 Å². The van der Waals surface area contributed by atoms with Gasteiger partial charge < -0.3 is 15.1 Å². The zero-order valence-corrected chi connectivity index (χ0v) is 13.1. The summed E-state index contributed by atoms with van der Waals surface area (Å²) in [5.41, 5.74) is 2.58. The van der Waals surface area contributed by atoms with Gasteiger partial charge in [0.1, 0.15) is 0 Å². The summed E-state index contributed by atoms with van der Waals surface area (Å²) in [4.78, 5) is 9.18. The van der Waals surface area contributed by atoms with Gasteiger partial charge in [0, 0.05) is 56.4 Å². The molecule has 1 aromatic rings. The lowest BCUT2D eigenvalue weighted by atomic mass is 10.2. The predicted molar refractivity (Wildman–Crippen MR) is 85.2 cm³/mol. The highest BCUT2D eigenvalue weighted by Crippen LogP contribution is 2.18. The first-order valence-electron chi connectivity index (χ1n) is 7.76. The SMILES string of the molecule is CC(C)NCc1cnccc1N(C)CCN1CCCC1. The third kappa shape index (κ3) is 4.46. The molecule has 0 amide bonds. The topological polar surface area (TPSA) is 31.4 Å². The number of pyridine rings is 1. The van der Waals surface area contributed by atoms with Gasteiger partial charge in [0.2, 0.25) is 0 Å². The highest BCUT2D eigenvalue weighted by molar-refractivity contribution is 5.51. The van der Waals surface area contributed by atoms with Gasteiger partial charge in [-0.25, -0.2) is 0 Å². The van der Waals surface area contributed by atoms with Crippen LogP contribution in [-0.2, 0) is 6.54 Å². The minimum absolute atomic E-state index is 0.498. The molecule has 1 aliphatic rings. The molecular weight excluding hydrogens is 248 g/mol. The Labute approximate surface area is 123 Å². The Hall–Kier alpha value is -1.13. The van der Waals surface area contributed by atoms with Crippen molar-refractivity contribution in [1.29, 1.82) is 0 Å². The van der Waals surface area contributed by atoms with Crippen molar-refractivity contribution in [1.82, 2.24) is 15.2 Å². The molecule has 1 saturated heterocycles. The van der Waals surface area contributed by atoms with Crippen LogP contribution < -0.4 is 10.2 Å². The van der Waals surface area contributed by atoms with Crippen LogP contribution in [0, 0.1) is 0 Å². The maximum absolute atomic E-state index is 4.27. The number of nitrogens with zero attached hydrogens (tertiary/aromatic N) is 3. The summed E-state index contributed by atoms with van der Waals surface area (Å²) in [6, 6.07) is 2.62. The third-order valence-electron chi connectivity index (χ3n) is 3.94. The molecule has 112 valence electrons. The van der Waals surface area contributed by atoms with Gasteiger partial charge in [-0.3, -0.25) is 4.98 Å². The first-order valence-corrected chi connectivity index (χ1v) is 7.76. The Kier molecular flexibility index (Phi) is 5.80. The molecular formula is C16H28N4. The average molecular weight is 276 g/mol. The smallest absolute Gasteiger partial charge is 0.0440 e. The number of hydrogen-bond donors (Lipinski definition) is 1. The summed E-state index contributed by atoms with van der Waals surface area (Å²) in [6.07, 6.45) is 6.60. The highest BCUT2D eigenvalue weighted by atomic mass is 15.2. The van der Waals surface area contributed by atoms with E-state index in [4.69, 9.17) is 0 Å². The van der Waals surface area contributed by atoms with E-state index in [0.717, 1.165) is 19.6 Å². The molecule has 1 N–H and O–H groups in total. The second-order valence-electron chi connectivity index (χ2n) is 6.01. The fourth-order valence-electron chi connectivity index (χ4n) is 2.66. The number of nitrogens with one attached hydrogen (secondary N) is 1. The van der Waals surface area contributed by atoms with Gasteiger partial charge in [-0.1, -0.05) is 13.8 Å². The molecule has 0 aliphatic carbocycles. The first-order chi connectivity index (χ1) is 9.66. The molecule has 4 heteroatoms. The minimum atomic E-state index is 0.498. The van der Waals surface area contributed by atoms with Gasteiger partial charge in [0.15, 0.2) is 0 Å². The summed E-state index contributed by atoms with van der Waals surface area (Å²) in [5, 5.41) is 3.48. The number of hydrogen-bond acceptors (Lipinski definition) is 4. The van der Waals surface area contributed by atoms with Crippen molar-refractivity contribution in [2.45, 2.75) is 39.3 Å². The van der Waals surface area contributed by atoms with Crippen molar-refractivity contribution in [3.63, 3.8) is 0 Å². The van der Waals surface area contributed by atoms with Crippen LogP contribution in [0.1, 0.15) is 32.3 Å². The summed E-state index contributed by atoms with van der Waals surface area (Å²) < 4.78 is 0. The number of rotatable bonds is 7. The van der Waals surface area contributed by atoms with Crippen molar-refractivity contribution in [2.75, 3.05) is 38.1 Å². The van der Waals surface area contributed by atoms with Crippen LogP contribution in [0.25, 0.3) is 0 Å². The van der Waals surface area contributed by atoms with E-state index >= 15 is 0 Å². The molecule has 0 atom stereocenters. The van der Waals surface area contributed by atoms with Crippen molar-refractivity contribution in [2.24, 2.45) is 0 Å². The lowest BCUT2D eigenvalue weighted by Crippen LogP contribution is -2.32. The van der Waals surface area contributed by atoms with Crippen LogP contribution in [0.4, 0.5) is 5.69 Å². The largest absolute Gasteiger partial charge is 0.373 e. The lowest BCUT2D eigenvalue weighted by Gasteiger charge is -2.25. The molecule has 1 fully saturated rings. The van der Waals surface area contributed by atoms with Crippen molar-refractivity contribution in [3.8, 4) is 0 Å². The summed E-state index contributed by atoms with van der Waals surface area (Å²) >= 11 is 0. The summed E-state index contributed by atoms with van der Waals surface area (Å²) in [6.45, 7) is 10.0. The maximum atomic E-state index is 4.27. The van der Waals surface area contributed by atoms with Crippen LogP contribution in [-0.4, -0.2) is 49.2 Å². The highest BCUT2D eigenvalue weighted by Gasteiger charge is 2.13. The predicted octanol–water partition coefficient (Wildman–Crippen LogP) is 2.11. The van der Waals surface area contributed by atoms with Gasteiger partial charge in [-0.2, -0.15) is 0 Å². The molecule has 0 spiro atoms. The van der Waals surface area contributed by atoms with Crippen LogP contribution in [0.3, 0.4) is 0 Å². The van der Waals surface area contributed by atoms with Crippen LogP contribution in [0.15, 0.2) is 18.5 Å². The van der Waals surface area contributed by atoms with E-state index in [1.54, 1.807) is 0 Å². The standard InChI is InChI=1S/C16H28N4/c1-14(2)18-13-15-12-17-7-6-16(15)19(3)10-11-20-8-4-5-9-20/h6-7,12,14,18H,4-5,8-11,13H2,1-3H3. The fourth-order valence-corrected chi connectivity index (χ4v) is 2.66. The molecule has 0 bridgehead atoms. The maximum Gasteiger partial charge on any atom is 0.0440 e. The van der Waals surface area contributed by atoms with Crippen LogP contribution in [0.5, 0.6) is 0 Å². The Morgan fingerprint density at radius 2 is 2.10 bits per heavy atom. The van der Waals surface area contributed by atoms with E-state index < -0.39 is 0 Å². The second kappa shape index (κ2) is 7.60. The van der Waals surface area contributed by atoms with E-state index in [9.17, 15) is 0 Å². The van der Waals surface area contributed by atoms with E-state index in [2.05, 4.69) is 47.1 Å². The Balaban J connectivity index is 1.91. The van der Waals surface area contributed by atoms with Crippen LogP contribution in [0.2, 0.25) is 0 Å². The van der Waals surface area contributed by atoms with E-state index in [-0.39, 0.29) is 0 Å². The fraction of sp³-hybridized carbons (Fsp3) is 0.688. The van der Waals surface area contributed by atoms with Gasteiger partial charge in [-0.05, 0) is 32.0 Å². The number of aromatic nitrogens is 1. The minimum Gasteiger partial charge on any atom is -0.373 e. The third-order valence-corrected chi connectivity index (χ3v) is 3.94. The Morgan fingerprint density at radius 3 is 2.80 bits per heavy atom. The molecule has 0 unspecified atom stereocenters. The van der Waals surface area contributed by atoms with E-state index in [1.807, 2.05) is 12.4 Å². The van der Waals surface area contributed by atoms with Crippen molar-refractivity contribution in [3.05, 3.63) is 24.0 Å². The number of anilines is 1. The normalized spacial score (nSPS) is 16.0.